The predicted molar refractivity (Wildman–Crippen MR) is 187 cm³/mol. The second-order valence-corrected chi connectivity index (χ2v) is 14.2. The van der Waals surface area contributed by atoms with Crippen molar-refractivity contribution in [3.8, 4) is 0 Å². The number of carbonyl (C=O) groups excluding carboxylic acids is 4. The quantitative estimate of drug-likeness (QED) is 0.330. The molecule has 0 aromatic heterocycles. The first-order valence-electron chi connectivity index (χ1n) is 18.2. The number of nitrogens with one attached hydrogen (secondary N) is 1. The first-order valence-corrected chi connectivity index (χ1v) is 18.2. The van der Waals surface area contributed by atoms with E-state index in [1.807, 2.05) is 77.7 Å². The molecule has 2 saturated heterocycles. The van der Waals surface area contributed by atoms with Gasteiger partial charge in [-0.05, 0) is 30.4 Å². The zero-order chi connectivity index (χ0) is 35.5. The van der Waals surface area contributed by atoms with Gasteiger partial charge in [0.2, 0.25) is 17.7 Å². The Kier molecular flexibility index (Phi) is 10.4. The SMILES string of the molecule is COC[C@@H]1NC(=O)CC/C=C\CN(C2CCCCC2)C(=O)[C@H]2N([C@H](CO)c3ccccc3)C(=O)[C@@H]3[C@@H](C(=O)O[C@H]1c1ccccc1)[C@H]1C=C[C@]32O1. The zero-order valence-corrected chi connectivity index (χ0v) is 29.0. The van der Waals surface area contributed by atoms with Crippen LogP contribution in [0.3, 0.4) is 0 Å². The number of allylic oxidation sites excluding steroid dienone is 1. The number of aliphatic hydroxyl groups excluding tert-OH is 1. The zero-order valence-electron chi connectivity index (χ0n) is 29.0. The van der Waals surface area contributed by atoms with E-state index in [2.05, 4.69) is 5.32 Å². The van der Waals surface area contributed by atoms with Crippen molar-refractivity contribution in [2.75, 3.05) is 26.9 Å². The van der Waals surface area contributed by atoms with Crippen LogP contribution in [-0.4, -0.2) is 95.3 Å². The molecule has 0 radical (unpaired) electrons. The average molecular weight is 698 g/mol. The highest BCUT2D eigenvalue weighted by Crippen LogP contribution is 2.57. The van der Waals surface area contributed by atoms with E-state index in [0.717, 1.165) is 32.1 Å². The summed E-state index contributed by atoms with van der Waals surface area (Å²) in [6, 6.07) is 15.6. The van der Waals surface area contributed by atoms with Crippen molar-refractivity contribution in [1.29, 1.82) is 0 Å². The molecular weight excluding hydrogens is 650 g/mol. The molecule has 4 heterocycles. The maximum Gasteiger partial charge on any atom is 0.313 e. The molecule has 270 valence electrons. The summed E-state index contributed by atoms with van der Waals surface area (Å²) < 4.78 is 18.5. The second-order valence-electron chi connectivity index (χ2n) is 14.2. The first kappa shape index (κ1) is 35.1. The van der Waals surface area contributed by atoms with Gasteiger partial charge >= 0.3 is 5.97 Å². The third-order valence-corrected chi connectivity index (χ3v) is 11.2. The molecule has 3 fully saturated rings. The minimum absolute atomic E-state index is 0.0530. The molecule has 4 aliphatic heterocycles. The third kappa shape index (κ3) is 6.51. The van der Waals surface area contributed by atoms with Crippen LogP contribution in [0.5, 0.6) is 0 Å². The topological polar surface area (TPSA) is 135 Å². The second kappa shape index (κ2) is 15.1. The summed E-state index contributed by atoms with van der Waals surface area (Å²) in [5.74, 6) is -3.75. The van der Waals surface area contributed by atoms with Crippen LogP contribution in [0.1, 0.15) is 68.2 Å². The number of fused-ring (bicyclic) bond motifs is 2. The average Bonchev–Trinajstić information content (AvgIpc) is 3.80. The van der Waals surface area contributed by atoms with Crippen LogP contribution in [0.15, 0.2) is 85.0 Å². The lowest BCUT2D eigenvalue weighted by Gasteiger charge is -2.42. The smallest absolute Gasteiger partial charge is 0.313 e. The molecule has 1 aliphatic carbocycles. The van der Waals surface area contributed by atoms with Gasteiger partial charge in [-0.3, -0.25) is 19.2 Å². The number of amides is 3. The van der Waals surface area contributed by atoms with Gasteiger partial charge in [0.25, 0.3) is 0 Å². The van der Waals surface area contributed by atoms with E-state index in [1.165, 1.54) is 12.0 Å². The van der Waals surface area contributed by atoms with Crippen LogP contribution in [0.2, 0.25) is 0 Å². The molecule has 3 amide bonds. The number of aliphatic hydroxyl groups is 1. The number of methoxy groups -OCH3 is 1. The van der Waals surface area contributed by atoms with Gasteiger partial charge in [0.15, 0.2) is 0 Å². The number of esters is 1. The van der Waals surface area contributed by atoms with E-state index in [9.17, 15) is 19.5 Å². The van der Waals surface area contributed by atoms with Crippen LogP contribution < -0.4 is 5.32 Å². The minimum atomic E-state index is -1.45. The Bertz CT molecular complexity index is 1640. The molecule has 11 nitrogen and oxygen atoms in total. The van der Waals surface area contributed by atoms with Gasteiger partial charge in [-0.15, -0.1) is 0 Å². The summed E-state index contributed by atoms with van der Waals surface area (Å²) in [6.07, 6.45) is 11.0. The lowest BCUT2D eigenvalue weighted by atomic mass is 9.74. The molecule has 1 spiro atoms. The van der Waals surface area contributed by atoms with Crippen molar-refractivity contribution >= 4 is 23.7 Å². The predicted octanol–water partition coefficient (Wildman–Crippen LogP) is 3.80. The molecule has 0 unspecified atom stereocenters. The molecule has 1 saturated carbocycles. The molecule has 5 bridgehead atoms. The Morgan fingerprint density at radius 1 is 0.961 bits per heavy atom. The fourth-order valence-corrected chi connectivity index (χ4v) is 8.90. The van der Waals surface area contributed by atoms with Crippen molar-refractivity contribution in [2.24, 2.45) is 11.8 Å². The van der Waals surface area contributed by atoms with E-state index in [1.54, 1.807) is 12.2 Å². The largest absolute Gasteiger partial charge is 0.455 e. The summed E-state index contributed by atoms with van der Waals surface area (Å²) in [7, 11) is 1.52. The number of carbonyl (C=O) groups is 4. The highest BCUT2D eigenvalue weighted by Gasteiger charge is 2.74. The molecule has 11 heteroatoms. The van der Waals surface area contributed by atoms with E-state index in [0.29, 0.717) is 24.1 Å². The van der Waals surface area contributed by atoms with Crippen LogP contribution in [0.4, 0.5) is 0 Å². The Hall–Kier alpha value is -4.32. The fourth-order valence-electron chi connectivity index (χ4n) is 8.90. The summed E-state index contributed by atoms with van der Waals surface area (Å²) in [4.78, 5) is 61.3. The van der Waals surface area contributed by atoms with Crippen molar-refractivity contribution < 1.29 is 38.5 Å². The van der Waals surface area contributed by atoms with Crippen molar-refractivity contribution in [3.05, 3.63) is 96.1 Å². The van der Waals surface area contributed by atoms with Gasteiger partial charge in [0.05, 0.1) is 37.3 Å². The van der Waals surface area contributed by atoms with Crippen LogP contribution in [0.25, 0.3) is 0 Å². The molecule has 2 N–H and O–H groups in total. The number of likely N-dealkylation sites (tertiary alicyclic amines) is 1. The lowest BCUT2D eigenvalue weighted by molar-refractivity contribution is -0.163. The number of hydrogen-bond donors (Lipinski definition) is 2. The van der Waals surface area contributed by atoms with E-state index < -0.39 is 66.3 Å². The van der Waals surface area contributed by atoms with E-state index in [-0.39, 0.29) is 30.9 Å². The van der Waals surface area contributed by atoms with Crippen molar-refractivity contribution in [3.63, 3.8) is 0 Å². The first-order chi connectivity index (χ1) is 24.9. The number of nitrogens with zero attached hydrogens (tertiary/aromatic N) is 2. The number of rotatable bonds is 7. The standard InChI is InChI=1S/C40H47N3O8/c1-49-25-29-35(27-16-8-3-9-17-27)50-39(48)33-31-21-22-40(51-31)34(33)37(46)43(30(24-44)26-14-6-2-7-15-26)36(40)38(47)42(28-18-10-4-11-19-28)23-13-5-12-20-32(45)41-29/h2-3,5-9,13-17,21-22,28-31,33-36,44H,4,10-12,18-20,23-25H2,1H3,(H,41,45)/b13-5-/t29-,30+,31+,33-,34-,35-,36+,40-/m0/s1. The highest BCUT2D eigenvalue weighted by molar-refractivity contribution is 5.99. The lowest BCUT2D eigenvalue weighted by Crippen LogP contribution is -2.58. The van der Waals surface area contributed by atoms with Gasteiger partial charge in [-0.25, -0.2) is 0 Å². The molecule has 8 atom stereocenters. The van der Waals surface area contributed by atoms with Crippen LogP contribution in [0, 0.1) is 11.8 Å². The molecule has 2 aromatic rings. The van der Waals surface area contributed by atoms with Gasteiger partial charge in [0.1, 0.15) is 23.7 Å². The highest BCUT2D eigenvalue weighted by atomic mass is 16.6. The Morgan fingerprint density at radius 3 is 2.39 bits per heavy atom. The molecule has 7 rings (SSSR count). The Labute approximate surface area is 298 Å². The van der Waals surface area contributed by atoms with E-state index in [4.69, 9.17) is 14.2 Å². The summed E-state index contributed by atoms with van der Waals surface area (Å²) in [5.41, 5.74) is -0.119. The summed E-state index contributed by atoms with van der Waals surface area (Å²) in [6.45, 7) is -0.0654. The minimum Gasteiger partial charge on any atom is -0.455 e. The molecule has 2 aromatic carbocycles. The number of benzene rings is 2. The normalized spacial score (nSPS) is 32.8. The van der Waals surface area contributed by atoms with Crippen LogP contribution in [-0.2, 0) is 33.4 Å². The Morgan fingerprint density at radius 2 is 1.69 bits per heavy atom. The van der Waals surface area contributed by atoms with Crippen LogP contribution >= 0.6 is 0 Å². The van der Waals surface area contributed by atoms with Gasteiger partial charge in [-0.1, -0.05) is 104 Å². The fraction of sp³-hybridized carbons (Fsp3) is 0.500. The molecular formula is C40H47N3O8. The van der Waals surface area contributed by atoms with Gasteiger partial charge in [-0.2, -0.15) is 0 Å². The Balaban J connectivity index is 1.35. The maximum absolute atomic E-state index is 15.2. The van der Waals surface area contributed by atoms with Gasteiger partial charge in [0, 0.05) is 26.1 Å². The summed E-state index contributed by atoms with van der Waals surface area (Å²) >= 11 is 0. The number of cyclic esters (lactones) is 1. The third-order valence-electron chi connectivity index (χ3n) is 11.2. The monoisotopic (exact) mass is 697 g/mol. The number of ether oxygens (including phenoxy) is 3. The molecule has 51 heavy (non-hydrogen) atoms. The maximum atomic E-state index is 15.2. The van der Waals surface area contributed by atoms with E-state index >= 15 is 4.79 Å². The summed E-state index contributed by atoms with van der Waals surface area (Å²) in [5, 5.41) is 13.9. The molecule has 5 aliphatic rings. The van der Waals surface area contributed by atoms with Crippen molar-refractivity contribution in [1.82, 2.24) is 15.1 Å². The van der Waals surface area contributed by atoms with Gasteiger partial charge < -0.3 is 34.4 Å². The van der Waals surface area contributed by atoms with Crippen molar-refractivity contribution in [2.45, 2.75) is 86.9 Å². The number of hydrogen-bond acceptors (Lipinski definition) is 8.